The highest BCUT2D eigenvalue weighted by Gasteiger charge is 2.18. The van der Waals surface area contributed by atoms with E-state index in [4.69, 9.17) is 0 Å². The molecule has 0 heterocycles. The molecule has 0 spiro atoms. The molecule has 9 heavy (non-hydrogen) atoms. The summed E-state index contributed by atoms with van der Waals surface area (Å²) in [7, 11) is 0. The van der Waals surface area contributed by atoms with Crippen LogP contribution in [0.1, 0.15) is 19.3 Å². The van der Waals surface area contributed by atoms with Gasteiger partial charge in [0.2, 0.25) is 0 Å². The molecule has 1 radical (unpaired) electrons. The molecular weight excluding hydrogens is 120 g/mol. The van der Waals surface area contributed by atoms with Crippen LogP contribution in [0.2, 0.25) is 0 Å². The third-order valence-corrected chi connectivity index (χ3v) is 1.66. The molecule has 3 heteroatoms. The predicted molar refractivity (Wildman–Crippen MR) is 29.4 cm³/mol. The first-order chi connectivity index (χ1) is 4.29. The second-order valence-corrected chi connectivity index (χ2v) is 2.36. The largest absolute Gasteiger partial charge is 0.550 e. The van der Waals surface area contributed by atoms with Crippen LogP contribution in [0.25, 0.3) is 0 Å². The maximum Gasteiger partial charge on any atom is 0.550 e. The summed E-state index contributed by atoms with van der Waals surface area (Å²) < 4.78 is 4.25. The highest BCUT2D eigenvalue weighted by molar-refractivity contribution is 5.56. The summed E-state index contributed by atoms with van der Waals surface area (Å²) in [6.45, 7) is 0.336. The van der Waals surface area contributed by atoms with Gasteiger partial charge in [0, 0.05) is 0 Å². The molecule has 0 bridgehead atoms. The lowest BCUT2D eigenvalue weighted by molar-refractivity contribution is 0.0431. The van der Waals surface area contributed by atoms with Crippen molar-refractivity contribution in [3.63, 3.8) is 0 Å². The molecule has 0 aromatic rings. The van der Waals surface area contributed by atoms with Crippen molar-refractivity contribution in [3.05, 3.63) is 0 Å². The van der Waals surface area contributed by atoms with E-state index in [1.807, 2.05) is 0 Å². The molecule has 51 valence electrons. The normalized spacial score (nSPS) is 18.7. The van der Waals surface area contributed by atoms with Gasteiger partial charge in [-0.1, -0.05) is 6.42 Å². The van der Waals surface area contributed by atoms with Crippen LogP contribution in [0.4, 0.5) is 4.79 Å². The lowest BCUT2D eigenvalue weighted by Crippen LogP contribution is -2.18. The van der Waals surface area contributed by atoms with Gasteiger partial charge in [-0.3, -0.25) is 0 Å². The Morgan fingerprint density at radius 1 is 1.56 bits per heavy atom. The topological polar surface area (TPSA) is 46.2 Å². The molecule has 1 fully saturated rings. The van der Waals surface area contributed by atoms with E-state index >= 15 is 0 Å². The summed E-state index contributed by atoms with van der Waals surface area (Å²) >= 11 is 0. The fraction of sp³-hybridized carbons (Fsp3) is 0.833. The van der Waals surface area contributed by atoms with E-state index < -0.39 is 6.16 Å². The molecule has 0 aliphatic heterocycles. The van der Waals surface area contributed by atoms with E-state index in [0.717, 1.165) is 12.8 Å². The molecule has 0 amide bonds. The summed E-state index contributed by atoms with van der Waals surface area (Å²) in [5.41, 5.74) is 0. The van der Waals surface area contributed by atoms with Crippen molar-refractivity contribution in [2.24, 2.45) is 5.92 Å². The van der Waals surface area contributed by atoms with Crippen molar-refractivity contribution in [2.75, 3.05) is 6.61 Å². The molecule has 3 nitrogen and oxygen atoms in total. The molecular formula is C6H9O3. The molecule has 1 saturated carbocycles. The van der Waals surface area contributed by atoms with Crippen molar-refractivity contribution in [3.8, 4) is 0 Å². The highest BCUT2D eigenvalue weighted by Crippen LogP contribution is 2.26. The number of hydrogen-bond acceptors (Lipinski definition) is 2. The van der Waals surface area contributed by atoms with Crippen LogP contribution in [0, 0.1) is 5.92 Å². The van der Waals surface area contributed by atoms with Gasteiger partial charge >= 0.3 is 6.16 Å². The minimum atomic E-state index is -1.40. The average Bonchev–Trinajstić information content (AvgIpc) is 1.60. The summed E-state index contributed by atoms with van der Waals surface area (Å²) in [5, 5.41) is 9.71. The molecule has 0 aromatic heterocycles. The molecule has 0 N–H and O–H groups in total. The fourth-order valence-corrected chi connectivity index (χ4v) is 0.845. The number of carbonyl (C=O) groups excluding carboxylic acids is 1. The van der Waals surface area contributed by atoms with E-state index in [-0.39, 0.29) is 0 Å². The monoisotopic (exact) mass is 129 g/mol. The van der Waals surface area contributed by atoms with Crippen molar-refractivity contribution in [1.82, 2.24) is 0 Å². The third kappa shape index (κ3) is 1.91. The van der Waals surface area contributed by atoms with Crippen molar-refractivity contribution >= 4 is 6.16 Å². The Labute approximate surface area is 53.6 Å². The van der Waals surface area contributed by atoms with Gasteiger partial charge in [0.25, 0.3) is 0 Å². The van der Waals surface area contributed by atoms with E-state index in [0.29, 0.717) is 12.5 Å². The highest BCUT2D eigenvalue weighted by atomic mass is 16.7. The van der Waals surface area contributed by atoms with Gasteiger partial charge in [-0.2, -0.15) is 9.90 Å². The van der Waals surface area contributed by atoms with Crippen LogP contribution in [0.5, 0.6) is 0 Å². The Hall–Kier alpha value is -0.730. The zero-order chi connectivity index (χ0) is 6.69. The molecule has 1 rings (SSSR count). The molecule has 0 aromatic carbocycles. The Morgan fingerprint density at radius 3 is 2.56 bits per heavy atom. The predicted octanol–water partition coefficient (Wildman–Crippen LogP) is 1.35. The first-order valence-corrected chi connectivity index (χ1v) is 3.13. The van der Waals surface area contributed by atoms with Crippen LogP contribution < -0.4 is 0 Å². The Balaban J connectivity index is 1.97. The van der Waals surface area contributed by atoms with Gasteiger partial charge in [-0.15, -0.1) is 0 Å². The van der Waals surface area contributed by atoms with Crippen LogP contribution in [-0.4, -0.2) is 12.8 Å². The second-order valence-electron chi connectivity index (χ2n) is 2.36. The lowest BCUT2D eigenvalue weighted by atomic mass is 9.86. The summed E-state index contributed by atoms with van der Waals surface area (Å²) in [4.78, 5) is 9.71. The van der Waals surface area contributed by atoms with Crippen LogP contribution >= 0.6 is 0 Å². The number of ether oxygens (including phenoxy) is 1. The lowest BCUT2D eigenvalue weighted by Gasteiger charge is -2.23. The number of hydrogen-bond donors (Lipinski definition) is 0. The van der Waals surface area contributed by atoms with Crippen LogP contribution in [0.15, 0.2) is 0 Å². The fourth-order valence-electron chi connectivity index (χ4n) is 0.845. The Morgan fingerprint density at radius 2 is 2.22 bits per heavy atom. The quantitative estimate of drug-likeness (QED) is 0.528. The van der Waals surface area contributed by atoms with E-state index in [1.54, 1.807) is 0 Å². The average molecular weight is 129 g/mol. The molecule has 0 saturated heterocycles. The van der Waals surface area contributed by atoms with Gasteiger partial charge in [-0.05, 0) is 18.8 Å². The standard InChI is InChI=1S/C6H9O3/c7-6(8)9-4-5-2-1-3-5/h5H,1-4H2. The Kier molecular flexibility index (Phi) is 1.92. The summed E-state index contributed by atoms with van der Waals surface area (Å²) in [6, 6.07) is 0. The molecule has 0 atom stereocenters. The van der Waals surface area contributed by atoms with E-state index in [1.165, 1.54) is 6.42 Å². The zero-order valence-corrected chi connectivity index (χ0v) is 5.13. The van der Waals surface area contributed by atoms with Gasteiger partial charge in [0.05, 0.1) is 6.61 Å². The van der Waals surface area contributed by atoms with Crippen LogP contribution in [0.3, 0.4) is 0 Å². The van der Waals surface area contributed by atoms with E-state index in [2.05, 4.69) is 4.74 Å². The third-order valence-electron chi connectivity index (χ3n) is 1.66. The maximum atomic E-state index is 9.71. The van der Waals surface area contributed by atoms with Gasteiger partial charge in [0.15, 0.2) is 0 Å². The first-order valence-electron chi connectivity index (χ1n) is 3.13. The van der Waals surface area contributed by atoms with Gasteiger partial charge in [0.1, 0.15) is 0 Å². The minimum Gasteiger partial charge on any atom is -0.431 e. The molecule has 1 aliphatic rings. The smallest absolute Gasteiger partial charge is 0.431 e. The molecule has 0 unspecified atom stereocenters. The minimum absolute atomic E-state index is 0.336. The SMILES string of the molecule is [O]C(=O)OCC1CCC1. The van der Waals surface area contributed by atoms with Crippen molar-refractivity contribution < 1.29 is 14.6 Å². The summed E-state index contributed by atoms with van der Waals surface area (Å²) in [5.74, 6) is 0.475. The summed E-state index contributed by atoms with van der Waals surface area (Å²) in [6.07, 6.45) is 2.02. The van der Waals surface area contributed by atoms with Crippen LogP contribution in [-0.2, 0) is 9.84 Å². The van der Waals surface area contributed by atoms with Crippen molar-refractivity contribution in [1.29, 1.82) is 0 Å². The second kappa shape index (κ2) is 2.71. The zero-order valence-electron chi connectivity index (χ0n) is 5.13. The maximum absolute atomic E-state index is 9.71. The molecule has 1 aliphatic carbocycles. The van der Waals surface area contributed by atoms with Gasteiger partial charge < -0.3 is 4.74 Å². The van der Waals surface area contributed by atoms with Gasteiger partial charge in [-0.25, -0.2) is 0 Å². The Bertz CT molecular complexity index is 107. The number of rotatable bonds is 2. The first kappa shape index (κ1) is 6.39. The van der Waals surface area contributed by atoms with E-state index in [9.17, 15) is 9.90 Å². The van der Waals surface area contributed by atoms with Crippen molar-refractivity contribution in [2.45, 2.75) is 19.3 Å². The number of carbonyl (C=O) groups is 1.